The number of phenols is 1. The van der Waals surface area contributed by atoms with Crippen LogP contribution in [-0.2, 0) is 4.79 Å². The first kappa shape index (κ1) is 15.3. The molecule has 0 bridgehead atoms. The van der Waals surface area contributed by atoms with E-state index in [1.807, 2.05) is 0 Å². The fourth-order valence-corrected chi connectivity index (χ4v) is 2.54. The van der Waals surface area contributed by atoms with Gasteiger partial charge in [-0.1, -0.05) is 11.8 Å². The van der Waals surface area contributed by atoms with Crippen LogP contribution in [-0.4, -0.2) is 37.0 Å². The molecule has 0 aliphatic carbocycles. The number of carbonyl (C=O) groups is 1. The number of carbonyl (C=O) groups excluding carboxylic acids is 1. The van der Waals surface area contributed by atoms with Crippen molar-refractivity contribution in [3.63, 3.8) is 0 Å². The summed E-state index contributed by atoms with van der Waals surface area (Å²) in [4.78, 5) is 11.0. The normalized spacial score (nSPS) is 10.5. The lowest BCUT2D eigenvalue weighted by molar-refractivity contribution is -0.121. The average Bonchev–Trinajstić information content (AvgIpc) is 2.96. The molecule has 0 aliphatic rings. The molecule has 0 aliphatic heterocycles. The van der Waals surface area contributed by atoms with Crippen LogP contribution in [0.25, 0.3) is 5.69 Å². The number of hydrazine groups is 1. The van der Waals surface area contributed by atoms with E-state index in [9.17, 15) is 9.90 Å². The molecule has 2 rings (SSSR count). The zero-order chi connectivity index (χ0) is 15.1. The number of amides is 1. The van der Waals surface area contributed by atoms with Crippen LogP contribution in [0.5, 0.6) is 5.75 Å². The number of nitrogens with one attached hydrogen (secondary N) is 1. The number of hydrogen-bond donors (Lipinski definition) is 3. The third-order valence-corrected chi connectivity index (χ3v) is 3.73. The van der Waals surface area contributed by atoms with Crippen molar-refractivity contribution in [2.24, 2.45) is 5.84 Å². The third kappa shape index (κ3) is 4.43. The van der Waals surface area contributed by atoms with Gasteiger partial charge in [0.25, 0.3) is 0 Å². The summed E-state index contributed by atoms with van der Waals surface area (Å²) in [7, 11) is 0. The number of rotatable bonds is 7. The van der Waals surface area contributed by atoms with Crippen molar-refractivity contribution in [3.05, 3.63) is 24.3 Å². The highest BCUT2D eigenvalue weighted by Crippen LogP contribution is 2.20. The van der Waals surface area contributed by atoms with Gasteiger partial charge in [-0.3, -0.25) is 10.2 Å². The van der Waals surface area contributed by atoms with Gasteiger partial charge in [0, 0.05) is 12.2 Å². The third-order valence-electron chi connectivity index (χ3n) is 2.73. The number of aromatic hydroxyl groups is 1. The van der Waals surface area contributed by atoms with E-state index in [4.69, 9.17) is 5.84 Å². The zero-order valence-corrected chi connectivity index (χ0v) is 12.1. The molecule has 4 N–H and O–H groups in total. The lowest BCUT2D eigenvalue weighted by Crippen LogP contribution is -2.29. The monoisotopic (exact) mass is 308 g/mol. The van der Waals surface area contributed by atoms with E-state index >= 15 is 0 Å². The Kier molecular flexibility index (Phi) is 5.52. The van der Waals surface area contributed by atoms with Crippen LogP contribution >= 0.6 is 11.8 Å². The molecule has 0 spiro atoms. The molecular weight excluding hydrogens is 292 g/mol. The molecule has 8 nitrogen and oxygen atoms in total. The van der Waals surface area contributed by atoms with Gasteiger partial charge in [-0.2, -0.15) is 4.68 Å². The molecule has 9 heteroatoms. The molecule has 112 valence electrons. The first-order chi connectivity index (χ1) is 10.2. The van der Waals surface area contributed by atoms with Crippen molar-refractivity contribution in [1.82, 2.24) is 25.6 Å². The minimum Gasteiger partial charge on any atom is -0.508 e. The Morgan fingerprint density at radius 1 is 1.33 bits per heavy atom. The molecule has 0 unspecified atom stereocenters. The molecular formula is C12H16N6O2S. The highest BCUT2D eigenvalue weighted by atomic mass is 32.2. The fourth-order valence-electron chi connectivity index (χ4n) is 1.65. The highest BCUT2D eigenvalue weighted by molar-refractivity contribution is 7.99. The van der Waals surface area contributed by atoms with Crippen molar-refractivity contribution < 1.29 is 9.90 Å². The van der Waals surface area contributed by atoms with E-state index in [0.29, 0.717) is 11.6 Å². The summed E-state index contributed by atoms with van der Waals surface area (Å²) in [5, 5.41) is 21.5. The predicted octanol–water partition coefficient (Wildman–Crippen LogP) is 0.620. The standard InChI is InChI=1S/C12H16N6O2S/c13-14-11(20)3-1-2-8-21-12-15-16-17-18(12)9-4-6-10(19)7-5-9/h4-7,19H,1-3,8,13H2,(H,14,20). The SMILES string of the molecule is NNC(=O)CCCCSc1nnnn1-c1ccc(O)cc1. The first-order valence-corrected chi connectivity index (χ1v) is 7.39. The lowest BCUT2D eigenvalue weighted by Gasteiger charge is -2.04. The van der Waals surface area contributed by atoms with Gasteiger partial charge in [-0.15, -0.1) is 5.10 Å². The smallest absolute Gasteiger partial charge is 0.233 e. The minimum absolute atomic E-state index is 0.158. The second-order valence-electron chi connectivity index (χ2n) is 4.26. The summed E-state index contributed by atoms with van der Waals surface area (Å²) in [6.07, 6.45) is 2.04. The highest BCUT2D eigenvalue weighted by Gasteiger charge is 2.08. The summed E-state index contributed by atoms with van der Waals surface area (Å²) in [5.41, 5.74) is 2.88. The molecule has 2 aromatic rings. The van der Waals surface area contributed by atoms with Gasteiger partial charge in [0.1, 0.15) is 5.75 Å². The number of unbranched alkanes of at least 4 members (excludes halogenated alkanes) is 1. The van der Waals surface area contributed by atoms with Crippen molar-refractivity contribution >= 4 is 17.7 Å². The van der Waals surface area contributed by atoms with Crippen molar-refractivity contribution in [3.8, 4) is 11.4 Å². The largest absolute Gasteiger partial charge is 0.508 e. The molecule has 1 aromatic heterocycles. The predicted molar refractivity (Wildman–Crippen MR) is 77.7 cm³/mol. The molecule has 1 aromatic carbocycles. The van der Waals surface area contributed by atoms with Gasteiger partial charge < -0.3 is 5.11 Å². The fraction of sp³-hybridized carbons (Fsp3) is 0.333. The average molecular weight is 308 g/mol. The van der Waals surface area contributed by atoms with Crippen LogP contribution in [0.15, 0.2) is 29.4 Å². The van der Waals surface area contributed by atoms with Gasteiger partial charge in [0.05, 0.1) is 5.69 Å². The maximum absolute atomic E-state index is 11.0. The quantitative estimate of drug-likeness (QED) is 0.225. The van der Waals surface area contributed by atoms with Crippen LogP contribution in [0.2, 0.25) is 0 Å². The van der Waals surface area contributed by atoms with Crippen molar-refractivity contribution in [2.45, 2.75) is 24.4 Å². The van der Waals surface area contributed by atoms with Gasteiger partial charge in [0.15, 0.2) is 0 Å². The number of benzene rings is 1. The Labute approximate surface area is 125 Å². The molecule has 0 saturated carbocycles. The molecule has 1 heterocycles. The van der Waals surface area contributed by atoms with Crippen LogP contribution in [0.4, 0.5) is 0 Å². The van der Waals surface area contributed by atoms with E-state index in [-0.39, 0.29) is 11.7 Å². The Morgan fingerprint density at radius 2 is 2.10 bits per heavy atom. The molecule has 0 atom stereocenters. The van der Waals surface area contributed by atoms with Crippen LogP contribution < -0.4 is 11.3 Å². The van der Waals surface area contributed by atoms with Gasteiger partial charge in [0.2, 0.25) is 11.1 Å². The van der Waals surface area contributed by atoms with E-state index < -0.39 is 0 Å². The summed E-state index contributed by atoms with van der Waals surface area (Å²) in [6, 6.07) is 6.64. The van der Waals surface area contributed by atoms with Gasteiger partial charge in [-0.25, -0.2) is 5.84 Å². The molecule has 0 saturated heterocycles. The van der Waals surface area contributed by atoms with Crippen LogP contribution in [0.1, 0.15) is 19.3 Å². The number of nitrogens with two attached hydrogens (primary N) is 1. The van der Waals surface area contributed by atoms with E-state index in [2.05, 4.69) is 21.0 Å². The molecule has 1 amide bonds. The summed E-state index contributed by atoms with van der Waals surface area (Å²) in [6.45, 7) is 0. The first-order valence-electron chi connectivity index (χ1n) is 6.40. The Hall–Kier alpha value is -2.13. The van der Waals surface area contributed by atoms with E-state index in [1.165, 1.54) is 11.8 Å². The summed E-state index contributed by atoms with van der Waals surface area (Å²) in [5.74, 6) is 5.84. The maximum Gasteiger partial charge on any atom is 0.233 e. The Balaban J connectivity index is 1.86. The van der Waals surface area contributed by atoms with Gasteiger partial charge in [-0.05, 0) is 47.5 Å². The van der Waals surface area contributed by atoms with Gasteiger partial charge >= 0.3 is 0 Å². The Bertz CT molecular complexity index is 586. The lowest BCUT2D eigenvalue weighted by atomic mass is 10.2. The van der Waals surface area contributed by atoms with Crippen LogP contribution in [0, 0.1) is 0 Å². The van der Waals surface area contributed by atoms with E-state index in [1.54, 1.807) is 28.9 Å². The number of phenolic OH excluding ortho intramolecular Hbond substituents is 1. The topological polar surface area (TPSA) is 119 Å². The van der Waals surface area contributed by atoms with Crippen molar-refractivity contribution in [1.29, 1.82) is 0 Å². The number of tetrazole rings is 1. The number of thioether (sulfide) groups is 1. The van der Waals surface area contributed by atoms with E-state index in [0.717, 1.165) is 24.3 Å². The summed E-state index contributed by atoms with van der Waals surface area (Å²) >= 11 is 1.51. The zero-order valence-electron chi connectivity index (χ0n) is 11.3. The molecule has 21 heavy (non-hydrogen) atoms. The molecule has 0 fully saturated rings. The second-order valence-corrected chi connectivity index (χ2v) is 5.32. The summed E-state index contributed by atoms with van der Waals surface area (Å²) < 4.78 is 1.61. The number of aromatic nitrogens is 4. The van der Waals surface area contributed by atoms with Crippen LogP contribution in [0.3, 0.4) is 0 Å². The van der Waals surface area contributed by atoms with Crippen molar-refractivity contribution in [2.75, 3.05) is 5.75 Å². The second kappa shape index (κ2) is 7.60. The Morgan fingerprint density at radius 3 is 2.81 bits per heavy atom. The maximum atomic E-state index is 11.0. The number of hydrogen-bond acceptors (Lipinski definition) is 7. The number of nitrogens with zero attached hydrogens (tertiary/aromatic N) is 4. The minimum atomic E-state index is -0.158. The molecule has 0 radical (unpaired) electrons.